The fourth-order valence-corrected chi connectivity index (χ4v) is 4.60. The van der Waals surface area contributed by atoms with Gasteiger partial charge in [0.05, 0.1) is 13.7 Å². The summed E-state index contributed by atoms with van der Waals surface area (Å²) in [4.78, 5) is 34.9. The number of imidazole rings is 1. The molecule has 1 fully saturated rings. The molecule has 0 aliphatic carbocycles. The fraction of sp³-hybridized carbons (Fsp3) is 0.320. The van der Waals surface area contributed by atoms with Gasteiger partial charge in [-0.2, -0.15) is 4.98 Å². The van der Waals surface area contributed by atoms with Gasteiger partial charge in [-0.1, -0.05) is 12.1 Å². The predicted octanol–water partition coefficient (Wildman–Crippen LogP) is 1.96. The Morgan fingerprint density at radius 3 is 2.31 bits per heavy atom. The summed E-state index contributed by atoms with van der Waals surface area (Å²) in [6.45, 7) is 3.14. The highest BCUT2D eigenvalue weighted by Crippen LogP contribution is 2.25. The largest absolute Gasteiger partial charge is 0.497 e. The molecule has 182 valence electrons. The van der Waals surface area contributed by atoms with Gasteiger partial charge in [0.15, 0.2) is 11.2 Å². The molecule has 0 amide bonds. The summed E-state index contributed by atoms with van der Waals surface area (Å²) in [6, 6.07) is 14.2. The second kappa shape index (κ2) is 8.94. The highest BCUT2D eigenvalue weighted by atomic mass is 19.1. The number of aryl methyl sites for hydroxylation is 1. The quantitative estimate of drug-likeness (QED) is 0.437. The van der Waals surface area contributed by atoms with E-state index in [4.69, 9.17) is 9.72 Å². The maximum atomic E-state index is 13.3. The minimum absolute atomic E-state index is 0.258. The Hall–Kier alpha value is -4.08. The number of fused-ring (bicyclic) bond motifs is 1. The van der Waals surface area contributed by atoms with E-state index in [1.807, 2.05) is 28.8 Å². The van der Waals surface area contributed by atoms with Gasteiger partial charge in [-0.05, 0) is 42.0 Å². The summed E-state index contributed by atoms with van der Waals surface area (Å²) in [5, 5.41) is 0. The first-order valence-electron chi connectivity index (χ1n) is 11.4. The summed E-state index contributed by atoms with van der Waals surface area (Å²) >= 11 is 0. The Morgan fingerprint density at radius 2 is 1.63 bits per heavy atom. The van der Waals surface area contributed by atoms with Gasteiger partial charge in [0.1, 0.15) is 11.6 Å². The minimum atomic E-state index is -0.416. The van der Waals surface area contributed by atoms with Crippen molar-refractivity contribution in [1.29, 1.82) is 0 Å². The number of nitrogens with zero attached hydrogens (tertiary/aromatic N) is 6. The summed E-state index contributed by atoms with van der Waals surface area (Å²) in [5.74, 6) is 1.10. The van der Waals surface area contributed by atoms with Crippen LogP contribution in [0.1, 0.15) is 5.56 Å². The maximum Gasteiger partial charge on any atom is 0.332 e. The molecule has 1 aliphatic heterocycles. The van der Waals surface area contributed by atoms with Crippen LogP contribution >= 0.6 is 0 Å². The molecule has 0 radical (unpaired) electrons. The molecule has 0 N–H and O–H groups in total. The number of rotatable bonds is 5. The van der Waals surface area contributed by atoms with E-state index < -0.39 is 5.69 Å². The van der Waals surface area contributed by atoms with Crippen LogP contribution in [0.15, 0.2) is 58.1 Å². The monoisotopic (exact) mass is 478 g/mol. The topological polar surface area (TPSA) is 77.5 Å². The second-order valence-electron chi connectivity index (χ2n) is 8.68. The van der Waals surface area contributed by atoms with Gasteiger partial charge in [-0.25, -0.2) is 9.18 Å². The Morgan fingerprint density at radius 1 is 0.943 bits per heavy atom. The average Bonchev–Trinajstić information content (AvgIpc) is 3.26. The number of hydrogen-bond donors (Lipinski definition) is 0. The second-order valence-corrected chi connectivity index (χ2v) is 8.68. The van der Waals surface area contributed by atoms with Crippen LogP contribution < -0.4 is 25.8 Å². The SMILES string of the molecule is COc1cccc(Cn2c(N3CCN(c4ccc(F)cc4)CC3)nc3c2c(=O)n(C)c(=O)n3C)c1. The molecule has 1 saturated heterocycles. The number of hydrogen-bond acceptors (Lipinski definition) is 6. The third-order valence-corrected chi connectivity index (χ3v) is 6.56. The lowest BCUT2D eigenvalue weighted by Gasteiger charge is -2.36. The van der Waals surface area contributed by atoms with Gasteiger partial charge in [0.2, 0.25) is 5.95 Å². The highest BCUT2D eigenvalue weighted by molar-refractivity contribution is 5.75. The van der Waals surface area contributed by atoms with Crippen LogP contribution in [0, 0.1) is 5.82 Å². The first kappa shape index (κ1) is 22.7. The van der Waals surface area contributed by atoms with Crippen LogP contribution in [-0.4, -0.2) is 52.0 Å². The number of piperazine rings is 1. The molecule has 9 nitrogen and oxygen atoms in total. The van der Waals surface area contributed by atoms with Gasteiger partial charge >= 0.3 is 5.69 Å². The van der Waals surface area contributed by atoms with Crippen molar-refractivity contribution < 1.29 is 9.13 Å². The van der Waals surface area contributed by atoms with Crippen molar-refractivity contribution in [3.63, 3.8) is 0 Å². The van der Waals surface area contributed by atoms with Crippen molar-refractivity contribution >= 4 is 22.8 Å². The lowest BCUT2D eigenvalue weighted by Crippen LogP contribution is -2.47. The van der Waals surface area contributed by atoms with E-state index in [9.17, 15) is 14.0 Å². The van der Waals surface area contributed by atoms with E-state index in [1.54, 1.807) is 26.3 Å². The van der Waals surface area contributed by atoms with E-state index in [-0.39, 0.29) is 11.4 Å². The molecule has 1 aliphatic rings. The summed E-state index contributed by atoms with van der Waals surface area (Å²) in [7, 11) is 4.72. The van der Waals surface area contributed by atoms with Gasteiger partial charge < -0.3 is 14.5 Å². The summed E-state index contributed by atoms with van der Waals surface area (Å²) in [5.41, 5.74) is 1.86. The molecule has 10 heteroatoms. The van der Waals surface area contributed by atoms with E-state index >= 15 is 0 Å². The van der Waals surface area contributed by atoms with Gasteiger partial charge in [-0.15, -0.1) is 0 Å². The molecule has 0 saturated carbocycles. The van der Waals surface area contributed by atoms with E-state index in [1.165, 1.54) is 23.7 Å². The van der Waals surface area contributed by atoms with Crippen molar-refractivity contribution in [3.8, 4) is 5.75 Å². The Kier molecular flexibility index (Phi) is 5.80. The molecular formula is C25H27FN6O3. The van der Waals surface area contributed by atoms with Crippen LogP contribution in [0.3, 0.4) is 0 Å². The van der Waals surface area contributed by atoms with Crippen LogP contribution in [0.25, 0.3) is 11.2 Å². The van der Waals surface area contributed by atoms with Crippen molar-refractivity contribution in [3.05, 3.63) is 80.7 Å². The van der Waals surface area contributed by atoms with Crippen LogP contribution in [0.5, 0.6) is 5.75 Å². The van der Waals surface area contributed by atoms with Gasteiger partial charge in [0, 0.05) is 46.0 Å². The Bertz CT molecular complexity index is 1500. The van der Waals surface area contributed by atoms with Gasteiger partial charge in [0.25, 0.3) is 5.56 Å². The lowest BCUT2D eigenvalue weighted by molar-refractivity contribution is 0.414. The normalized spacial score (nSPS) is 14.1. The lowest BCUT2D eigenvalue weighted by atomic mass is 10.2. The molecule has 2 aromatic carbocycles. The smallest absolute Gasteiger partial charge is 0.332 e. The summed E-state index contributed by atoms with van der Waals surface area (Å²) < 4.78 is 23.1. The van der Waals surface area contributed by atoms with Crippen LogP contribution in [0.2, 0.25) is 0 Å². The van der Waals surface area contributed by atoms with Crippen LogP contribution in [-0.2, 0) is 20.6 Å². The molecule has 0 bridgehead atoms. The number of ether oxygens (including phenoxy) is 1. The maximum absolute atomic E-state index is 13.3. The number of anilines is 2. The standard InChI is InChI=1S/C25H27FN6O3/c1-28-22-21(23(33)29(2)25(28)34)32(16-17-5-4-6-20(15-17)35-3)24(27-22)31-13-11-30(12-14-31)19-9-7-18(26)8-10-19/h4-10,15H,11-14,16H2,1-3H3. The third-order valence-electron chi connectivity index (χ3n) is 6.56. The minimum Gasteiger partial charge on any atom is -0.497 e. The van der Waals surface area contributed by atoms with E-state index in [2.05, 4.69) is 9.80 Å². The molecule has 3 heterocycles. The highest BCUT2D eigenvalue weighted by Gasteiger charge is 2.26. The van der Waals surface area contributed by atoms with Crippen molar-refractivity contribution in [2.75, 3.05) is 43.1 Å². The van der Waals surface area contributed by atoms with Crippen LogP contribution in [0.4, 0.5) is 16.0 Å². The van der Waals surface area contributed by atoms with Gasteiger partial charge in [-0.3, -0.25) is 18.5 Å². The van der Waals surface area contributed by atoms with Crippen molar-refractivity contribution in [2.24, 2.45) is 14.1 Å². The van der Waals surface area contributed by atoms with E-state index in [0.29, 0.717) is 49.8 Å². The molecule has 0 unspecified atom stereocenters. The molecular weight excluding hydrogens is 451 g/mol. The molecule has 4 aromatic rings. The Labute approximate surface area is 201 Å². The Balaban J connectivity index is 1.55. The first-order valence-corrected chi connectivity index (χ1v) is 11.4. The zero-order chi connectivity index (χ0) is 24.7. The molecule has 35 heavy (non-hydrogen) atoms. The summed E-state index contributed by atoms with van der Waals surface area (Å²) in [6.07, 6.45) is 0. The number of methoxy groups -OCH3 is 1. The number of benzene rings is 2. The zero-order valence-corrected chi connectivity index (χ0v) is 19.9. The first-order chi connectivity index (χ1) is 16.9. The number of aromatic nitrogens is 4. The fourth-order valence-electron chi connectivity index (χ4n) is 4.60. The predicted molar refractivity (Wildman–Crippen MR) is 133 cm³/mol. The molecule has 0 atom stereocenters. The third kappa shape index (κ3) is 4.05. The zero-order valence-electron chi connectivity index (χ0n) is 19.9. The molecule has 0 spiro atoms. The average molecular weight is 479 g/mol. The molecule has 5 rings (SSSR count). The van der Waals surface area contributed by atoms with Crippen molar-refractivity contribution in [2.45, 2.75) is 6.54 Å². The number of halogens is 1. The van der Waals surface area contributed by atoms with E-state index in [0.717, 1.165) is 21.6 Å². The van der Waals surface area contributed by atoms with Crippen molar-refractivity contribution in [1.82, 2.24) is 18.7 Å². The molecule has 2 aromatic heterocycles.